The third-order valence-electron chi connectivity index (χ3n) is 0.775. The van der Waals surface area contributed by atoms with Crippen molar-refractivity contribution in [3.05, 3.63) is 10.4 Å². The molecule has 2 nitrogen and oxygen atoms in total. The molecule has 1 aromatic heterocycles. The Morgan fingerprint density at radius 2 is 2.00 bits per heavy atom. The molecule has 0 aliphatic heterocycles. The third-order valence-corrected chi connectivity index (χ3v) is 2.61. The summed E-state index contributed by atoms with van der Waals surface area (Å²) in [6, 6.07) is 0. The SMILES string of the molecule is Pc1c(Cl)nc(Cl)n1Cl. The Bertz CT molecular complexity index is 211. The average molecular weight is 203 g/mol. The van der Waals surface area contributed by atoms with E-state index in [1.165, 1.54) is 0 Å². The second-order valence-corrected chi connectivity index (χ2v) is 2.92. The summed E-state index contributed by atoms with van der Waals surface area (Å²) in [5.74, 6) is 0. The van der Waals surface area contributed by atoms with Crippen molar-refractivity contribution >= 4 is 49.7 Å². The van der Waals surface area contributed by atoms with E-state index in [0.717, 1.165) is 4.09 Å². The van der Waals surface area contributed by atoms with Gasteiger partial charge in [0.25, 0.3) is 0 Å². The van der Waals surface area contributed by atoms with Crippen LogP contribution in [-0.2, 0) is 0 Å². The van der Waals surface area contributed by atoms with E-state index in [1.54, 1.807) is 0 Å². The van der Waals surface area contributed by atoms with Gasteiger partial charge < -0.3 is 0 Å². The summed E-state index contributed by atoms with van der Waals surface area (Å²) in [4.78, 5) is 3.65. The van der Waals surface area contributed by atoms with Crippen molar-refractivity contribution in [1.82, 2.24) is 9.07 Å². The van der Waals surface area contributed by atoms with Crippen LogP contribution in [0.25, 0.3) is 0 Å². The van der Waals surface area contributed by atoms with Crippen LogP contribution in [-0.4, -0.2) is 9.07 Å². The quantitative estimate of drug-likeness (QED) is 0.587. The lowest BCUT2D eigenvalue weighted by molar-refractivity contribution is 1.24. The molecule has 1 atom stereocenters. The van der Waals surface area contributed by atoms with Gasteiger partial charge in [0.2, 0.25) is 5.28 Å². The Balaban J connectivity index is 3.29. The molecule has 0 aromatic carbocycles. The Morgan fingerprint density at radius 3 is 2.11 bits per heavy atom. The predicted molar refractivity (Wildman–Crippen MR) is 42.8 cm³/mol. The van der Waals surface area contributed by atoms with Gasteiger partial charge in [-0.15, -0.1) is 0 Å². The molecular formula is C3H2Cl3N2P. The summed E-state index contributed by atoms with van der Waals surface area (Å²) >= 11 is 16.5. The van der Waals surface area contributed by atoms with Gasteiger partial charge in [0.15, 0.2) is 5.15 Å². The van der Waals surface area contributed by atoms with Crippen LogP contribution in [0.3, 0.4) is 0 Å². The molecule has 1 aromatic rings. The largest absolute Gasteiger partial charge is 0.223 e. The first-order valence-corrected chi connectivity index (χ1v) is 3.65. The topological polar surface area (TPSA) is 17.8 Å². The average Bonchev–Trinajstić information content (AvgIpc) is 1.98. The highest BCUT2D eigenvalue weighted by atomic mass is 35.5. The predicted octanol–water partition coefficient (Wildman–Crippen LogP) is 1.69. The van der Waals surface area contributed by atoms with E-state index >= 15 is 0 Å². The molecule has 0 N–H and O–H groups in total. The van der Waals surface area contributed by atoms with E-state index in [9.17, 15) is 0 Å². The first-order chi connectivity index (χ1) is 4.13. The lowest BCUT2D eigenvalue weighted by Gasteiger charge is -1.88. The molecule has 0 saturated carbocycles. The van der Waals surface area contributed by atoms with Crippen LogP contribution in [0.4, 0.5) is 0 Å². The Hall–Kier alpha value is 0.510. The van der Waals surface area contributed by atoms with Gasteiger partial charge in [0, 0.05) is 11.8 Å². The molecule has 9 heavy (non-hydrogen) atoms. The first-order valence-electron chi connectivity index (χ1n) is 1.98. The Labute approximate surface area is 69.4 Å². The van der Waals surface area contributed by atoms with E-state index in [1.807, 2.05) is 0 Å². The summed E-state index contributed by atoms with van der Waals surface area (Å²) in [5.41, 5.74) is 0.573. The fourth-order valence-electron chi connectivity index (χ4n) is 0.363. The second-order valence-electron chi connectivity index (χ2n) is 1.34. The number of hydrogen-bond donors (Lipinski definition) is 0. The zero-order chi connectivity index (χ0) is 7.02. The van der Waals surface area contributed by atoms with Crippen LogP contribution in [0.2, 0.25) is 10.4 Å². The molecule has 0 aliphatic carbocycles. The van der Waals surface area contributed by atoms with Crippen molar-refractivity contribution < 1.29 is 0 Å². The van der Waals surface area contributed by atoms with Crippen molar-refractivity contribution in [2.45, 2.75) is 0 Å². The van der Waals surface area contributed by atoms with Gasteiger partial charge in [-0.05, 0) is 11.6 Å². The maximum absolute atomic E-state index is 5.52. The molecule has 0 fully saturated rings. The van der Waals surface area contributed by atoms with Crippen LogP contribution in [0.5, 0.6) is 0 Å². The summed E-state index contributed by atoms with van der Waals surface area (Å²) < 4.78 is 1.16. The van der Waals surface area contributed by atoms with Crippen LogP contribution >= 0.6 is 44.2 Å². The molecule has 6 heteroatoms. The zero-order valence-electron chi connectivity index (χ0n) is 4.11. The van der Waals surface area contributed by atoms with Crippen molar-refractivity contribution in [2.24, 2.45) is 0 Å². The first kappa shape index (κ1) is 7.62. The molecule has 0 bridgehead atoms. The highest BCUT2D eigenvalue weighted by molar-refractivity contribution is 7.27. The highest BCUT2D eigenvalue weighted by Crippen LogP contribution is 2.14. The summed E-state index contributed by atoms with van der Waals surface area (Å²) in [6.45, 7) is 0. The second kappa shape index (κ2) is 2.63. The third kappa shape index (κ3) is 1.32. The molecule has 0 saturated heterocycles. The number of rotatable bonds is 0. The lowest BCUT2D eigenvalue weighted by Crippen LogP contribution is -1.98. The van der Waals surface area contributed by atoms with Gasteiger partial charge in [-0.2, -0.15) is 0 Å². The lowest BCUT2D eigenvalue weighted by atomic mass is 10.9. The normalized spacial score (nSPS) is 10.2. The number of hydrogen-bond acceptors (Lipinski definition) is 1. The van der Waals surface area contributed by atoms with Crippen molar-refractivity contribution in [3.8, 4) is 0 Å². The van der Waals surface area contributed by atoms with Crippen LogP contribution in [0.15, 0.2) is 0 Å². The fourth-order valence-corrected chi connectivity index (χ4v) is 1.18. The van der Waals surface area contributed by atoms with Gasteiger partial charge in [0.05, 0.1) is 5.44 Å². The standard InChI is InChI=1S/C3H2Cl3N2P/c4-1-2(9)8(6)3(5)7-1/h9H2. The smallest absolute Gasteiger partial charge is 0.219 e. The summed E-state index contributed by atoms with van der Waals surface area (Å²) in [6.07, 6.45) is 0. The zero-order valence-corrected chi connectivity index (χ0v) is 7.53. The minimum atomic E-state index is 0.173. The van der Waals surface area contributed by atoms with E-state index in [-0.39, 0.29) is 5.28 Å². The minimum Gasteiger partial charge on any atom is -0.223 e. The van der Waals surface area contributed by atoms with Crippen LogP contribution in [0, 0.1) is 0 Å². The van der Waals surface area contributed by atoms with Gasteiger partial charge in [0.1, 0.15) is 0 Å². The number of nitrogens with zero attached hydrogens (tertiary/aromatic N) is 2. The molecule has 1 rings (SSSR count). The van der Waals surface area contributed by atoms with E-state index in [2.05, 4.69) is 14.2 Å². The molecule has 50 valence electrons. The maximum Gasteiger partial charge on any atom is 0.219 e. The summed E-state index contributed by atoms with van der Waals surface area (Å²) in [7, 11) is 2.32. The molecule has 1 heterocycles. The van der Waals surface area contributed by atoms with Crippen LogP contribution < -0.4 is 5.44 Å². The number of imidazole rings is 1. The summed E-state index contributed by atoms with van der Waals surface area (Å²) in [5, 5.41) is 0.478. The van der Waals surface area contributed by atoms with Crippen LogP contribution in [0.1, 0.15) is 0 Å². The van der Waals surface area contributed by atoms with E-state index < -0.39 is 0 Å². The molecule has 0 radical (unpaired) electrons. The highest BCUT2D eigenvalue weighted by Gasteiger charge is 2.07. The van der Waals surface area contributed by atoms with Gasteiger partial charge >= 0.3 is 0 Å². The number of halogens is 3. The molecule has 1 unspecified atom stereocenters. The molecule has 0 spiro atoms. The molecule has 0 amide bonds. The maximum atomic E-state index is 5.52. The Morgan fingerprint density at radius 1 is 1.44 bits per heavy atom. The molecule has 0 aliphatic rings. The van der Waals surface area contributed by atoms with Gasteiger partial charge in [-0.1, -0.05) is 20.8 Å². The van der Waals surface area contributed by atoms with Crippen molar-refractivity contribution in [2.75, 3.05) is 0 Å². The Kier molecular flexibility index (Phi) is 2.23. The molecular weight excluding hydrogens is 201 g/mol. The van der Waals surface area contributed by atoms with Gasteiger partial charge in [-0.3, -0.25) is 0 Å². The van der Waals surface area contributed by atoms with Crippen molar-refractivity contribution in [3.63, 3.8) is 0 Å². The number of aromatic nitrogens is 2. The van der Waals surface area contributed by atoms with Crippen molar-refractivity contribution in [1.29, 1.82) is 0 Å². The van der Waals surface area contributed by atoms with E-state index in [0.29, 0.717) is 10.6 Å². The monoisotopic (exact) mass is 202 g/mol. The minimum absolute atomic E-state index is 0.173. The van der Waals surface area contributed by atoms with E-state index in [4.69, 9.17) is 35.0 Å². The fraction of sp³-hybridized carbons (Fsp3) is 0. The van der Waals surface area contributed by atoms with Gasteiger partial charge in [-0.25, -0.2) is 9.07 Å².